The zero-order valence-electron chi connectivity index (χ0n) is 20.6. The topological polar surface area (TPSA) is 106 Å². The lowest BCUT2D eigenvalue weighted by molar-refractivity contribution is 0.198. The Labute approximate surface area is 213 Å². The Hall–Kier alpha value is -3.76. The van der Waals surface area contributed by atoms with Crippen LogP contribution in [0.1, 0.15) is 23.7 Å². The number of hydrogen-bond acceptors (Lipinski definition) is 7. The van der Waals surface area contributed by atoms with Crippen molar-refractivity contribution in [3.8, 4) is 27.5 Å². The van der Waals surface area contributed by atoms with Crippen LogP contribution in [-0.4, -0.2) is 52.6 Å². The van der Waals surface area contributed by atoms with Crippen molar-refractivity contribution in [3.05, 3.63) is 59.4 Å². The van der Waals surface area contributed by atoms with Crippen molar-refractivity contribution in [3.63, 3.8) is 0 Å². The fourth-order valence-electron chi connectivity index (χ4n) is 4.36. The number of ether oxygens (including phenoxy) is 1. The zero-order chi connectivity index (χ0) is 25.1. The van der Waals surface area contributed by atoms with Gasteiger partial charge in [0.2, 0.25) is 0 Å². The molecular weight excluding hydrogens is 474 g/mol. The van der Waals surface area contributed by atoms with Gasteiger partial charge in [-0.3, -0.25) is 5.32 Å². The number of aromatic nitrogens is 4. The first-order valence-corrected chi connectivity index (χ1v) is 12.8. The van der Waals surface area contributed by atoms with Crippen LogP contribution in [0.5, 0.6) is 0 Å². The van der Waals surface area contributed by atoms with Crippen molar-refractivity contribution < 1.29 is 9.53 Å². The van der Waals surface area contributed by atoms with Gasteiger partial charge in [-0.05, 0) is 50.5 Å². The number of urea groups is 1. The molecule has 5 rings (SSSR count). The molecule has 3 N–H and O–H groups in total. The molecule has 0 bridgehead atoms. The van der Waals surface area contributed by atoms with Crippen LogP contribution >= 0.6 is 11.3 Å². The lowest BCUT2D eigenvalue weighted by Crippen LogP contribution is -2.31. The third kappa shape index (κ3) is 4.69. The molecule has 0 fully saturated rings. The number of methoxy groups -OCH3 is 1. The SMILES string of the molecule is CCNc1ccc(-c2nn(-c3ccccc3C)c3c2CCc2nc(NC(=O)NCCOC)sc2-3)cn1. The van der Waals surface area contributed by atoms with E-state index in [0.717, 1.165) is 64.0 Å². The molecule has 36 heavy (non-hydrogen) atoms. The number of anilines is 2. The van der Waals surface area contributed by atoms with Gasteiger partial charge in [0.05, 0.1) is 34.3 Å². The smallest absolute Gasteiger partial charge is 0.321 e. The number of fused-ring (bicyclic) bond motifs is 3. The maximum atomic E-state index is 12.3. The van der Waals surface area contributed by atoms with Crippen LogP contribution in [0.25, 0.3) is 27.5 Å². The fourth-order valence-corrected chi connectivity index (χ4v) is 5.42. The van der Waals surface area contributed by atoms with Crippen molar-refractivity contribution in [2.75, 3.05) is 37.4 Å². The van der Waals surface area contributed by atoms with Gasteiger partial charge >= 0.3 is 6.03 Å². The zero-order valence-corrected chi connectivity index (χ0v) is 21.4. The van der Waals surface area contributed by atoms with Crippen LogP contribution in [-0.2, 0) is 17.6 Å². The van der Waals surface area contributed by atoms with Gasteiger partial charge in [-0.25, -0.2) is 19.4 Å². The number of hydrogen-bond donors (Lipinski definition) is 3. The second kappa shape index (κ2) is 10.5. The molecule has 1 aliphatic rings. The number of carbonyl (C=O) groups excluding carboxylic acids is 1. The highest BCUT2D eigenvalue weighted by Gasteiger charge is 2.30. The molecule has 0 saturated heterocycles. The number of nitrogens with one attached hydrogen (secondary N) is 3. The summed E-state index contributed by atoms with van der Waals surface area (Å²) in [6.45, 7) is 5.84. The summed E-state index contributed by atoms with van der Waals surface area (Å²) in [5.41, 5.74) is 7.22. The van der Waals surface area contributed by atoms with Gasteiger partial charge in [0.25, 0.3) is 0 Å². The molecule has 2 amide bonds. The number of benzene rings is 1. The van der Waals surface area contributed by atoms with E-state index in [2.05, 4.69) is 53.0 Å². The highest BCUT2D eigenvalue weighted by atomic mass is 32.1. The second-order valence-electron chi connectivity index (χ2n) is 8.51. The van der Waals surface area contributed by atoms with Gasteiger partial charge in [-0.2, -0.15) is 5.10 Å². The Morgan fingerprint density at radius 3 is 2.81 bits per heavy atom. The maximum Gasteiger partial charge on any atom is 0.321 e. The molecule has 0 unspecified atom stereocenters. The number of carbonyl (C=O) groups is 1. The molecule has 4 aromatic rings. The van der Waals surface area contributed by atoms with Crippen LogP contribution in [0.3, 0.4) is 0 Å². The van der Waals surface area contributed by atoms with Crippen molar-refractivity contribution >= 4 is 28.3 Å². The molecule has 10 heteroatoms. The van der Waals surface area contributed by atoms with Crippen LogP contribution < -0.4 is 16.0 Å². The summed E-state index contributed by atoms with van der Waals surface area (Å²) in [7, 11) is 1.60. The van der Waals surface area contributed by atoms with E-state index in [1.165, 1.54) is 16.9 Å². The summed E-state index contributed by atoms with van der Waals surface area (Å²) in [6, 6.07) is 12.0. The Morgan fingerprint density at radius 1 is 1.19 bits per heavy atom. The number of nitrogens with zero attached hydrogens (tertiary/aromatic N) is 4. The highest BCUT2D eigenvalue weighted by Crippen LogP contribution is 2.44. The summed E-state index contributed by atoms with van der Waals surface area (Å²) in [5, 5.41) is 14.6. The molecule has 0 radical (unpaired) electrons. The van der Waals surface area contributed by atoms with E-state index in [1.54, 1.807) is 7.11 Å². The Kier molecular flexibility index (Phi) is 6.97. The average Bonchev–Trinajstić information content (AvgIpc) is 3.46. The third-order valence-electron chi connectivity index (χ3n) is 6.06. The Balaban J connectivity index is 1.57. The van der Waals surface area contributed by atoms with E-state index >= 15 is 0 Å². The van der Waals surface area contributed by atoms with Crippen LogP contribution in [0.2, 0.25) is 0 Å². The number of rotatable bonds is 8. The summed E-state index contributed by atoms with van der Waals surface area (Å²) < 4.78 is 7.02. The molecule has 1 aliphatic carbocycles. The minimum absolute atomic E-state index is 0.293. The number of para-hydroxylation sites is 1. The first-order chi connectivity index (χ1) is 17.6. The number of pyridine rings is 1. The first-order valence-electron chi connectivity index (χ1n) is 12.0. The van der Waals surface area contributed by atoms with Crippen molar-refractivity contribution in [1.82, 2.24) is 25.1 Å². The molecule has 186 valence electrons. The summed E-state index contributed by atoms with van der Waals surface area (Å²) in [4.78, 5) is 22.6. The first kappa shape index (κ1) is 24.0. The van der Waals surface area contributed by atoms with E-state index in [0.29, 0.717) is 18.3 Å². The minimum Gasteiger partial charge on any atom is -0.383 e. The quantitative estimate of drug-likeness (QED) is 0.302. The average molecular weight is 504 g/mol. The molecule has 3 aromatic heterocycles. The second-order valence-corrected chi connectivity index (χ2v) is 9.50. The molecule has 0 aliphatic heterocycles. The van der Waals surface area contributed by atoms with Crippen molar-refractivity contribution in [2.45, 2.75) is 26.7 Å². The third-order valence-corrected chi connectivity index (χ3v) is 7.08. The number of amides is 2. The van der Waals surface area contributed by atoms with Gasteiger partial charge in [0.1, 0.15) is 5.82 Å². The van der Waals surface area contributed by atoms with Gasteiger partial charge < -0.3 is 15.4 Å². The monoisotopic (exact) mass is 503 g/mol. The van der Waals surface area contributed by atoms with Crippen molar-refractivity contribution in [1.29, 1.82) is 0 Å². The van der Waals surface area contributed by atoms with E-state index in [1.807, 2.05) is 29.1 Å². The van der Waals surface area contributed by atoms with Crippen LogP contribution in [0.4, 0.5) is 15.7 Å². The van der Waals surface area contributed by atoms with Crippen LogP contribution in [0, 0.1) is 6.92 Å². The van der Waals surface area contributed by atoms with Crippen molar-refractivity contribution in [2.24, 2.45) is 0 Å². The van der Waals surface area contributed by atoms with Gasteiger partial charge in [-0.1, -0.05) is 29.5 Å². The summed E-state index contributed by atoms with van der Waals surface area (Å²) in [5.74, 6) is 0.845. The molecule has 3 heterocycles. The molecular formula is C26H29N7O2S. The molecule has 0 saturated carbocycles. The molecule has 0 spiro atoms. The van der Waals surface area contributed by atoms with Gasteiger partial charge in [-0.15, -0.1) is 0 Å². The highest BCUT2D eigenvalue weighted by molar-refractivity contribution is 7.19. The van der Waals surface area contributed by atoms with Gasteiger partial charge in [0.15, 0.2) is 5.13 Å². The number of thiazole rings is 1. The van der Waals surface area contributed by atoms with Gasteiger partial charge in [0, 0.05) is 37.5 Å². The predicted molar refractivity (Wildman–Crippen MR) is 143 cm³/mol. The largest absolute Gasteiger partial charge is 0.383 e. The Bertz CT molecular complexity index is 1380. The molecule has 1 aromatic carbocycles. The lowest BCUT2D eigenvalue weighted by atomic mass is 9.95. The normalized spacial score (nSPS) is 12.1. The van der Waals surface area contributed by atoms with E-state index in [-0.39, 0.29) is 6.03 Å². The lowest BCUT2D eigenvalue weighted by Gasteiger charge is -2.15. The van der Waals surface area contributed by atoms with Crippen LogP contribution in [0.15, 0.2) is 42.6 Å². The summed E-state index contributed by atoms with van der Waals surface area (Å²) >= 11 is 1.48. The fraction of sp³-hybridized carbons (Fsp3) is 0.308. The summed E-state index contributed by atoms with van der Waals surface area (Å²) in [6.07, 6.45) is 3.46. The van der Waals surface area contributed by atoms with E-state index in [9.17, 15) is 4.79 Å². The predicted octanol–water partition coefficient (Wildman–Crippen LogP) is 4.66. The Morgan fingerprint density at radius 2 is 2.06 bits per heavy atom. The van der Waals surface area contributed by atoms with E-state index in [4.69, 9.17) is 14.8 Å². The van der Waals surface area contributed by atoms with E-state index < -0.39 is 0 Å². The number of aryl methyl sites for hydroxylation is 2. The molecule has 0 atom stereocenters. The maximum absolute atomic E-state index is 12.3. The minimum atomic E-state index is -0.293. The molecule has 9 nitrogen and oxygen atoms in total. The standard InChI is InChI=1S/C26H29N7O2S/c1-4-27-21-12-9-17(15-29-21)22-18-10-11-19-24(36-26(30-19)31-25(34)28-13-14-35-3)23(18)33(32-22)20-8-6-5-7-16(20)2/h5-9,12,15H,4,10-11,13-14H2,1-3H3,(H,27,29)(H2,28,30,31,34).